The molecule has 11 aromatic carbocycles. The van der Waals surface area contributed by atoms with Gasteiger partial charge in [-0.15, -0.1) is 0 Å². The summed E-state index contributed by atoms with van der Waals surface area (Å²) < 4.78 is 6.58. The first-order chi connectivity index (χ1) is 28.3. The van der Waals surface area contributed by atoms with E-state index in [9.17, 15) is 0 Å². The van der Waals surface area contributed by atoms with Gasteiger partial charge < -0.3 is 4.42 Å². The predicted molar refractivity (Wildman–Crippen MR) is 243 cm³/mol. The van der Waals surface area contributed by atoms with E-state index in [4.69, 9.17) is 4.42 Å². The largest absolute Gasteiger partial charge is 0.456 e. The second-order valence-corrected chi connectivity index (χ2v) is 15.1. The van der Waals surface area contributed by atoms with E-state index in [0.717, 1.165) is 27.5 Å². The molecule has 0 spiro atoms. The average molecular weight is 723 g/mol. The summed E-state index contributed by atoms with van der Waals surface area (Å²) in [6, 6.07) is 75.4. The Labute approximate surface area is 329 Å². The SMILES string of the molecule is c1ccc(-c2cc3ccccc3c3ccccc23)c(-c2c3ccccc3c(-c3cc4c(cc3-c3cccc5ccccc35)oc3ccccc34)c3ccccc23)c1. The first-order valence-corrected chi connectivity index (χ1v) is 19.7. The van der Waals surface area contributed by atoms with E-state index in [-0.39, 0.29) is 0 Å². The molecule has 1 aromatic heterocycles. The molecule has 1 nitrogen and oxygen atoms in total. The number of hydrogen-bond acceptors (Lipinski definition) is 1. The second kappa shape index (κ2) is 12.5. The van der Waals surface area contributed by atoms with E-state index in [1.54, 1.807) is 0 Å². The van der Waals surface area contributed by atoms with Crippen LogP contribution in [-0.4, -0.2) is 0 Å². The number of benzene rings is 11. The van der Waals surface area contributed by atoms with Crippen LogP contribution in [-0.2, 0) is 0 Å². The summed E-state index contributed by atoms with van der Waals surface area (Å²) in [7, 11) is 0. The lowest BCUT2D eigenvalue weighted by Gasteiger charge is -2.22. The number of hydrogen-bond donors (Lipinski definition) is 0. The molecule has 57 heavy (non-hydrogen) atoms. The van der Waals surface area contributed by atoms with E-state index >= 15 is 0 Å². The summed E-state index contributed by atoms with van der Waals surface area (Å²) >= 11 is 0. The molecule has 12 aromatic rings. The van der Waals surface area contributed by atoms with Crippen LogP contribution in [0.25, 0.3) is 120 Å². The van der Waals surface area contributed by atoms with Gasteiger partial charge in [0.25, 0.3) is 0 Å². The summed E-state index contributed by atoms with van der Waals surface area (Å²) in [6.45, 7) is 0. The first-order valence-electron chi connectivity index (χ1n) is 19.7. The van der Waals surface area contributed by atoms with Crippen molar-refractivity contribution >= 4 is 75.8 Å². The fourth-order valence-corrected chi connectivity index (χ4v) is 9.58. The molecule has 0 bridgehead atoms. The zero-order chi connectivity index (χ0) is 37.5. The number of furan rings is 1. The minimum Gasteiger partial charge on any atom is -0.456 e. The highest BCUT2D eigenvalue weighted by atomic mass is 16.3. The van der Waals surface area contributed by atoms with Gasteiger partial charge in [-0.05, 0) is 123 Å². The van der Waals surface area contributed by atoms with Crippen LogP contribution in [0.5, 0.6) is 0 Å². The third-order valence-electron chi connectivity index (χ3n) is 12.1. The highest BCUT2D eigenvalue weighted by Crippen LogP contribution is 2.50. The van der Waals surface area contributed by atoms with E-state index in [1.807, 2.05) is 0 Å². The summed E-state index contributed by atoms with van der Waals surface area (Å²) in [5.41, 5.74) is 11.5. The van der Waals surface area contributed by atoms with Gasteiger partial charge in [-0.25, -0.2) is 0 Å². The molecule has 12 rings (SSSR count). The van der Waals surface area contributed by atoms with Crippen LogP contribution < -0.4 is 0 Å². The summed E-state index contributed by atoms with van der Waals surface area (Å²) in [4.78, 5) is 0. The predicted octanol–water partition coefficient (Wildman–Crippen LogP) is 16.0. The van der Waals surface area contributed by atoms with Crippen LogP contribution in [0.1, 0.15) is 0 Å². The van der Waals surface area contributed by atoms with Gasteiger partial charge in [-0.2, -0.15) is 0 Å². The molecular formula is C56H34O. The van der Waals surface area contributed by atoms with Gasteiger partial charge in [-0.3, -0.25) is 0 Å². The summed E-state index contributed by atoms with van der Waals surface area (Å²) in [5, 5.41) is 14.6. The fourth-order valence-electron chi connectivity index (χ4n) is 9.58. The molecule has 1 heteroatoms. The molecule has 0 aliphatic heterocycles. The second-order valence-electron chi connectivity index (χ2n) is 15.1. The highest BCUT2D eigenvalue weighted by Gasteiger charge is 2.23. The van der Waals surface area contributed by atoms with Gasteiger partial charge in [0, 0.05) is 10.8 Å². The number of para-hydroxylation sites is 1. The Hall–Kier alpha value is -7.48. The maximum Gasteiger partial charge on any atom is 0.136 e. The van der Waals surface area contributed by atoms with E-state index < -0.39 is 0 Å². The van der Waals surface area contributed by atoms with Gasteiger partial charge in [0.2, 0.25) is 0 Å². The maximum absolute atomic E-state index is 6.58. The van der Waals surface area contributed by atoms with E-state index in [1.165, 1.54) is 92.8 Å². The van der Waals surface area contributed by atoms with Crippen molar-refractivity contribution in [2.45, 2.75) is 0 Å². The van der Waals surface area contributed by atoms with Gasteiger partial charge >= 0.3 is 0 Å². The third kappa shape index (κ3) is 4.83. The Bertz CT molecular complexity index is 3520. The van der Waals surface area contributed by atoms with E-state index in [2.05, 4.69) is 206 Å². The number of fused-ring (bicyclic) bond motifs is 9. The van der Waals surface area contributed by atoms with Crippen molar-refractivity contribution in [2.24, 2.45) is 0 Å². The average Bonchev–Trinajstić information content (AvgIpc) is 3.65. The smallest absolute Gasteiger partial charge is 0.136 e. The molecule has 0 fully saturated rings. The number of rotatable bonds is 4. The van der Waals surface area contributed by atoms with Crippen molar-refractivity contribution < 1.29 is 4.42 Å². The minimum atomic E-state index is 0.893. The molecule has 0 saturated carbocycles. The lowest BCUT2D eigenvalue weighted by molar-refractivity contribution is 0.669. The van der Waals surface area contributed by atoms with Gasteiger partial charge in [0.05, 0.1) is 0 Å². The Balaban J connectivity index is 1.21. The zero-order valence-electron chi connectivity index (χ0n) is 31.0. The summed E-state index contributed by atoms with van der Waals surface area (Å²) in [5.74, 6) is 0. The molecule has 0 N–H and O–H groups in total. The lowest BCUT2D eigenvalue weighted by Crippen LogP contribution is -1.95. The van der Waals surface area contributed by atoms with Gasteiger partial charge in [0.1, 0.15) is 11.2 Å². The molecule has 0 saturated heterocycles. The Morgan fingerprint density at radius 1 is 0.211 bits per heavy atom. The minimum absolute atomic E-state index is 0.893. The Morgan fingerprint density at radius 2 is 0.702 bits per heavy atom. The van der Waals surface area contributed by atoms with Crippen LogP contribution >= 0.6 is 0 Å². The first kappa shape index (κ1) is 31.8. The molecule has 0 atom stereocenters. The third-order valence-corrected chi connectivity index (χ3v) is 12.1. The fraction of sp³-hybridized carbons (Fsp3) is 0. The monoisotopic (exact) mass is 722 g/mol. The van der Waals surface area contributed by atoms with Crippen molar-refractivity contribution in [1.29, 1.82) is 0 Å². The maximum atomic E-state index is 6.58. The Morgan fingerprint density at radius 3 is 1.42 bits per heavy atom. The van der Waals surface area contributed by atoms with E-state index in [0.29, 0.717) is 0 Å². The van der Waals surface area contributed by atoms with Crippen LogP contribution in [0.2, 0.25) is 0 Å². The van der Waals surface area contributed by atoms with Crippen LogP contribution in [0.4, 0.5) is 0 Å². The van der Waals surface area contributed by atoms with Crippen molar-refractivity contribution in [1.82, 2.24) is 0 Å². The molecule has 0 unspecified atom stereocenters. The molecule has 264 valence electrons. The van der Waals surface area contributed by atoms with Crippen LogP contribution in [0.3, 0.4) is 0 Å². The van der Waals surface area contributed by atoms with Gasteiger partial charge in [-0.1, -0.05) is 182 Å². The molecule has 1 heterocycles. The van der Waals surface area contributed by atoms with Crippen LogP contribution in [0, 0.1) is 0 Å². The van der Waals surface area contributed by atoms with Crippen molar-refractivity contribution in [3.63, 3.8) is 0 Å². The van der Waals surface area contributed by atoms with Crippen molar-refractivity contribution in [2.75, 3.05) is 0 Å². The molecule has 0 aliphatic rings. The normalized spacial score (nSPS) is 11.9. The molecule has 0 amide bonds. The highest BCUT2D eigenvalue weighted by molar-refractivity contribution is 6.25. The molecular weight excluding hydrogens is 689 g/mol. The zero-order valence-corrected chi connectivity index (χ0v) is 31.0. The molecule has 0 aliphatic carbocycles. The quantitative estimate of drug-likeness (QED) is 0.130. The lowest BCUT2D eigenvalue weighted by atomic mass is 9.81. The standard InChI is InChI=1S/C56H34O/c1-3-19-37-35(16-1)18-15-30-40(37)50-34-54-51(43-24-13-14-31-53(43)57-54)33-52(50)56-47-28-11-9-26-45(47)55(46-27-10-12-29-48(46)56)44-25-8-7-23-42(44)49-32-36-17-2-4-20-38(36)39-21-5-6-22-41(39)49/h1-34H. The molecule has 0 radical (unpaired) electrons. The Kier molecular flexibility index (Phi) is 7.00. The topological polar surface area (TPSA) is 13.1 Å². The summed E-state index contributed by atoms with van der Waals surface area (Å²) in [6.07, 6.45) is 0. The van der Waals surface area contributed by atoms with Crippen molar-refractivity contribution in [3.05, 3.63) is 206 Å². The van der Waals surface area contributed by atoms with Crippen LogP contribution in [0.15, 0.2) is 211 Å². The van der Waals surface area contributed by atoms with Crippen molar-refractivity contribution in [3.8, 4) is 44.5 Å². The van der Waals surface area contributed by atoms with Gasteiger partial charge in [0.15, 0.2) is 0 Å².